The fourth-order valence-electron chi connectivity index (χ4n) is 6.02. The van der Waals surface area contributed by atoms with Gasteiger partial charge in [0.1, 0.15) is 0 Å². The first-order valence-electron chi connectivity index (χ1n) is 13.1. The van der Waals surface area contributed by atoms with E-state index in [9.17, 15) is 0 Å². The lowest BCUT2D eigenvalue weighted by Gasteiger charge is -2.24. The third-order valence-corrected chi connectivity index (χ3v) is 7.93. The van der Waals surface area contributed by atoms with Gasteiger partial charge >= 0.3 is 0 Å². The van der Waals surface area contributed by atoms with Gasteiger partial charge in [-0.2, -0.15) is 0 Å². The molecule has 0 fully saturated rings. The van der Waals surface area contributed by atoms with Crippen molar-refractivity contribution in [3.63, 3.8) is 0 Å². The number of anilines is 5. The molecule has 0 aliphatic heterocycles. The number of hydrogen-bond acceptors (Lipinski definition) is 3. The van der Waals surface area contributed by atoms with Crippen LogP contribution in [0.1, 0.15) is 25.0 Å². The Morgan fingerprint density at radius 2 is 1.00 bits per heavy atom. The molecule has 0 spiro atoms. The van der Waals surface area contributed by atoms with Gasteiger partial charge in [0.15, 0.2) is 0 Å². The zero-order valence-corrected chi connectivity index (χ0v) is 21.5. The second-order valence-electron chi connectivity index (χ2n) is 10.7. The van der Waals surface area contributed by atoms with Gasteiger partial charge in [-0.05, 0) is 70.8 Å². The molecule has 3 heteroatoms. The maximum Gasteiger partial charge on any atom is 0.0545 e. The lowest BCUT2D eigenvalue weighted by molar-refractivity contribution is 0.661. The highest BCUT2D eigenvalue weighted by atomic mass is 14.9. The maximum atomic E-state index is 6.25. The van der Waals surface area contributed by atoms with Crippen LogP contribution in [0.2, 0.25) is 0 Å². The zero-order chi connectivity index (χ0) is 25.9. The van der Waals surface area contributed by atoms with E-state index in [2.05, 4.69) is 122 Å². The number of benzene rings is 6. The minimum atomic E-state index is -0.156. The van der Waals surface area contributed by atoms with Crippen molar-refractivity contribution in [3.8, 4) is 11.1 Å². The van der Waals surface area contributed by atoms with Gasteiger partial charge in [-0.15, -0.1) is 0 Å². The summed E-state index contributed by atoms with van der Waals surface area (Å²) < 4.78 is 0. The average molecular weight is 492 g/mol. The van der Waals surface area contributed by atoms with E-state index in [1.807, 2.05) is 18.2 Å². The highest BCUT2D eigenvalue weighted by Crippen LogP contribution is 2.53. The number of nitrogens with one attached hydrogen (secondary N) is 2. The van der Waals surface area contributed by atoms with Crippen molar-refractivity contribution in [1.29, 1.82) is 0 Å². The van der Waals surface area contributed by atoms with Gasteiger partial charge in [0, 0.05) is 44.0 Å². The van der Waals surface area contributed by atoms with E-state index in [0.717, 1.165) is 28.4 Å². The summed E-state index contributed by atoms with van der Waals surface area (Å²) in [5, 5.41) is 12.3. The van der Waals surface area contributed by atoms with E-state index in [1.54, 1.807) is 0 Å². The molecule has 0 saturated carbocycles. The van der Waals surface area contributed by atoms with Crippen molar-refractivity contribution < 1.29 is 0 Å². The first-order valence-corrected chi connectivity index (χ1v) is 13.1. The van der Waals surface area contributed by atoms with Crippen molar-refractivity contribution in [3.05, 3.63) is 126 Å². The summed E-state index contributed by atoms with van der Waals surface area (Å²) in [6.45, 7) is 4.61. The molecular formula is C35H29N3. The minimum Gasteiger partial charge on any atom is -0.399 e. The first-order chi connectivity index (χ1) is 18.5. The maximum absolute atomic E-state index is 6.25. The van der Waals surface area contributed by atoms with Crippen LogP contribution < -0.4 is 16.4 Å². The van der Waals surface area contributed by atoms with E-state index in [0.29, 0.717) is 0 Å². The highest BCUT2D eigenvalue weighted by molar-refractivity contribution is 6.22. The molecule has 0 amide bonds. The molecule has 184 valence electrons. The van der Waals surface area contributed by atoms with Crippen LogP contribution >= 0.6 is 0 Å². The van der Waals surface area contributed by atoms with Gasteiger partial charge in [-0.1, -0.05) is 80.6 Å². The number of para-hydroxylation sites is 2. The Labute approximate surface area is 222 Å². The smallest absolute Gasteiger partial charge is 0.0545 e. The topological polar surface area (TPSA) is 50.1 Å². The van der Waals surface area contributed by atoms with Crippen molar-refractivity contribution in [1.82, 2.24) is 0 Å². The Bertz CT molecular complexity index is 1840. The lowest BCUT2D eigenvalue weighted by atomic mass is 9.81. The monoisotopic (exact) mass is 491 g/mol. The normalized spacial score (nSPS) is 13.3. The Morgan fingerprint density at radius 1 is 0.500 bits per heavy atom. The number of nitrogen functional groups attached to an aromatic ring is 1. The van der Waals surface area contributed by atoms with Crippen LogP contribution in [0.15, 0.2) is 115 Å². The van der Waals surface area contributed by atoms with Gasteiger partial charge in [0.2, 0.25) is 0 Å². The highest BCUT2D eigenvalue weighted by Gasteiger charge is 2.36. The Balaban J connectivity index is 1.59. The third-order valence-electron chi connectivity index (χ3n) is 7.93. The fraction of sp³-hybridized carbons (Fsp3) is 0.0857. The average Bonchev–Trinajstić information content (AvgIpc) is 3.16. The summed E-state index contributed by atoms with van der Waals surface area (Å²) in [6.07, 6.45) is 0. The molecule has 0 saturated heterocycles. The van der Waals surface area contributed by atoms with Crippen molar-refractivity contribution in [2.24, 2.45) is 0 Å². The van der Waals surface area contributed by atoms with E-state index in [-0.39, 0.29) is 5.41 Å². The number of hydrogen-bond donors (Lipinski definition) is 3. The van der Waals surface area contributed by atoms with Crippen LogP contribution in [0.4, 0.5) is 28.4 Å². The standard InChI is InChI=1S/C35H29N3/c1-35(2)31-19-22(36)17-18-25(31)28-20-29-30(21-32(28)35)34(38-24-13-7-4-8-14-24)27-16-10-9-15-26(27)33(29)37-23-11-5-3-6-12-23/h3-21,37-38H,36H2,1-2H3. The third kappa shape index (κ3) is 3.43. The van der Waals surface area contributed by atoms with Crippen LogP contribution in [0.25, 0.3) is 32.7 Å². The summed E-state index contributed by atoms with van der Waals surface area (Å²) in [5.74, 6) is 0. The van der Waals surface area contributed by atoms with Gasteiger partial charge in [-0.25, -0.2) is 0 Å². The first kappa shape index (κ1) is 22.4. The summed E-state index contributed by atoms with van der Waals surface area (Å²) in [4.78, 5) is 0. The zero-order valence-electron chi connectivity index (χ0n) is 21.5. The molecule has 0 heterocycles. The van der Waals surface area contributed by atoms with Gasteiger partial charge in [0.05, 0.1) is 11.4 Å². The van der Waals surface area contributed by atoms with E-state index >= 15 is 0 Å². The molecule has 6 aromatic carbocycles. The summed E-state index contributed by atoms with van der Waals surface area (Å²) in [7, 11) is 0. The van der Waals surface area contributed by atoms with Gasteiger partial charge in [0.25, 0.3) is 0 Å². The molecule has 0 unspecified atom stereocenters. The van der Waals surface area contributed by atoms with Gasteiger partial charge in [-0.3, -0.25) is 0 Å². The fourth-order valence-corrected chi connectivity index (χ4v) is 6.02. The number of rotatable bonds is 4. The lowest BCUT2D eigenvalue weighted by Crippen LogP contribution is -2.15. The SMILES string of the molecule is CC1(C)c2cc(N)ccc2-c2cc3c(Nc4ccccc4)c4ccccc4c(Nc4ccccc4)c3cc21. The van der Waals surface area contributed by atoms with Crippen molar-refractivity contribution in [2.75, 3.05) is 16.4 Å². The minimum absolute atomic E-state index is 0.156. The van der Waals surface area contributed by atoms with Crippen molar-refractivity contribution in [2.45, 2.75) is 19.3 Å². The molecule has 7 rings (SSSR count). The molecule has 0 atom stereocenters. The Kier molecular flexibility index (Phi) is 4.95. The molecule has 0 radical (unpaired) electrons. The Morgan fingerprint density at radius 3 is 1.58 bits per heavy atom. The predicted octanol–water partition coefficient (Wildman–Crippen LogP) is 9.37. The summed E-state index contributed by atoms with van der Waals surface area (Å²) >= 11 is 0. The van der Waals surface area contributed by atoms with Crippen molar-refractivity contribution >= 4 is 50.0 Å². The van der Waals surface area contributed by atoms with E-state index < -0.39 is 0 Å². The number of fused-ring (bicyclic) bond motifs is 5. The molecular weight excluding hydrogens is 462 g/mol. The molecule has 6 aromatic rings. The molecule has 0 aromatic heterocycles. The molecule has 38 heavy (non-hydrogen) atoms. The van der Waals surface area contributed by atoms with Gasteiger partial charge < -0.3 is 16.4 Å². The second-order valence-corrected chi connectivity index (χ2v) is 10.7. The predicted molar refractivity (Wildman–Crippen MR) is 163 cm³/mol. The second kappa shape index (κ2) is 8.39. The molecule has 1 aliphatic rings. The van der Waals surface area contributed by atoms with Crippen LogP contribution in [0.5, 0.6) is 0 Å². The molecule has 1 aliphatic carbocycles. The number of nitrogens with two attached hydrogens (primary N) is 1. The summed E-state index contributed by atoms with van der Waals surface area (Å²) in [6, 6.07) is 40.6. The van der Waals surface area contributed by atoms with Crippen LogP contribution in [0.3, 0.4) is 0 Å². The molecule has 3 nitrogen and oxygen atoms in total. The van der Waals surface area contributed by atoms with E-state index in [4.69, 9.17) is 5.73 Å². The summed E-state index contributed by atoms with van der Waals surface area (Å²) in [5.41, 5.74) is 16.4. The quantitative estimate of drug-likeness (QED) is 0.131. The van der Waals surface area contributed by atoms with Crippen LogP contribution in [-0.2, 0) is 5.41 Å². The Hall–Kier alpha value is -4.76. The molecule has 0 bridgehead atoms. The van der Waals surface area contributed by atoms with Crippen LogP contribution in [0, 0.1) is 0 Å². The van der Waals surface area contributed by atoms with E-state index in [1.165, 1.54) is 43.8 Å². The van der Waals surface area contributed by atoms with Crippen LogP contribution in [-0.4, -0.2) is 0 Å². The largest absolute Gasteiger partial charge is 0.399 e. The molecule has 4 N–H and O–H groups in total.